The topological polar surface area (TPSA) is 62.2 Å². The van der Waals surface area contributed by atoms with E-state index in [4.69, 9.17) is 5.11 Å². The molecule has 0 bridgehead atoms. The molecule has 2 aromatic rings. The maximum absolute atomic E-state index is 13.4. The smallest absolute Gasteiger partial charge is 0.355 e. The number of rotatable bonds is 5. The van der Waals surface area contributed by atoms with Crippen molar-refractivity contribution in [2.24, 2.45) is 0 Å². The lowest BCUT2D eigenvalue weighted by Gasteiger charge is -2.03. The molecular formula is C13H13FN2O2S. The molecule has 2 N–H and O–H groups in total. The van der Waals surface area contributed by atoms with E-state index in [1.54, 1.807) is 25.1 Å². The van der Waals surface area contributed by atoms with Crippen LogP contribution in [-0.4, -0.2) is 22.6 Å². The number of halogens is 1. The van der Waals surface area contributed by atoms with Crippen LogP contribution < -0.4 is 5.32 Å². The van der Waals surface area contributed by atoms with Gasteiger partial charge in [0, 0.05) is 11.4 Å². The average molecular weight is 280 g/mol. The number of hydrogen-bond acceptors (Lipinski definition) is 4. The van der Waals surface area contributed by atoms with Gasteiger partial charge in [0.15, 0.2) is 10.8 Å². The molecule has 0 spiro atoms. The molecule has 1 aromatic heterocycles. The number of nitrogens with zero attached hydrogens (tertiary/aromatic N) is 1. The first-order valence-electron chi connectivity index (χ1n) is 5.76. The maximum atomic E-state index is 13.4. The fourth-order valence-corrected chi connectivity index (χ4v) is 2.51. The van der Waals surface area contributed by atoms with E-state index in [-0.39, 0.29) is 11.5 Å². The van der Waals surface area contributed by atoms with Gasteiger partial charge in [0.25, 0.3) is 0 Å². The van der Waals surface area contributed by atoms with Crippen LogP contribution in [0.25, 0.3) is 0 Å². The third-order valence-electron chi connectivity index (χ3n) is 2.63. The highest BCUT2D eigenvalue weighted by Crippen LogP contribution is 2.22. The standard InChI is InChI=1S/C13H13FN2O2S/c1-8-11(12(17)18)16-13(19-8)15-7-6-9-4-2-3-5-10(9)14/h2-5H,6-7H2,1H3,(H,15,16)(H,17,18). The molecule has 6 heteroatoms. The number of thiazole rings is 1. The lowest BCUT2D eigenvalue weighted by Crippen LogP contribution is -2.06. The van der Waals surface area contributed by atoms with Crippen molar-refractivity contribution in [2.75, 3.05) is 11.9 Å². The van der Waals surface area contributed by atoms with Crippen molar-refractivity contribution >= 4 is 22.4 Å². The Morgan fingerprint density at radius 3 is 2.84 bits per heavy atom. The van der Waals surface area contributed by atoms with Crippen LogP contribution >= 0.6 is 11.3 Å². The third kappa shape index (κ3) is 3.29. The van der Waals surface area contributed by atoms with E-state index in [0.29, 0.717) is 28.5 Å². The van der Waals surface area contributed by atoms with Crippen LogP contribution in [0.15, 0.2) is 24.3 Å². The highest BCUT2D eigenvalue weighted by Gasteiger charge is 2.13. The molecule has 1 heterocycles. The summed E-state index contributed by atoms with van der Waals surface area (Å²) in [5.74, 6) is -1.26. The second-order valence-corrected chi connectivity index (χ2v) is 5.20. The molecule has 4 nitrogen and oxygen atoms in total. The molecule has 0 fully saturated rings. The van der Waals surface area contributed by atoms with Crippen molar-refractivity contribution in [2.45, 2.75) is 13.3 Å². The number of nitrogens with one attached hydrogen (secondary N) is 1. The summed E-state index contributed by atoms with van der Waals surface area (Å²) in [5.41, 5.74) is 0.695. The summed E-state index contributed by atoms with van der Waals surface area (Å²) < 4.78 is 13.4. The van der Waals surface area contributed by atoms with Crippen LogP contribution in [0.4, 0.5) is 9.52 Å². The highest BCUT2D eigenvalue weighted by molar-refractivity contribution is 7.15. The van der Waals surface area contributed by atoms with E-state index in [0.717, 1.165) is 0 Å². The Morgan fingerprint density at radius 2 is 2.21 bits per heavy atom. The van der Waals surface area contributed by atoms with Gasteiger partial charge in [-0.15, -0.1) is 11.3 Å². The molecule has 0 amide bonds. The molecular weight excluding hydrogens is 267 g/mol. The predicted octanol–water partition coefficient (Wildman–Crippen LogP) is 2.94. The zero-order chi connectivity index (χ0) is 13.8. The Bertz CT molecular complexity index is 598. The van der Waals surface area contributed by atoms with Crippen LogP contribution in [0.2, 0.25) is 0 Å². The normalized spacial score (nSPS) is 10.4. The Morgan fingerprint density at radius 1 is 1.47 bits per heavy atom. The molecule has 0 radical (unpaired) electrons. The fraction of sp³-hybridized carbons (Fsp3) is 0.231. The van der Waals surface area contributed by atoms with Gasteiger partial charge in [0.1, 0.15) is 5.82 Å². The Kier molecular flexibility index (Phi) is 4.11. The van der Waals surface area contributed by atoms with E-state index >= 15 is 0 Å². The van der Waals surface area contributed by atoms with Gasteiger partial charge in [-0.1, -0.05) is 18.2 Å². The molecule has 100 valence electrons. The van der Waals surface area contributed by atoms with E-state index in [1.807, 2.05) is 0 Å². The molecule has 0 atom stereocenters. The number of benzene rings is 1. The summed E-state index contributed by atoms with van der Waals surface area (Å²) in [4.78, 5) is 15.5. The van der Waals surface area contributed by atoms with Gasteiger partial charge < -0.3 is 10.4 Å². The highest BCUT2D eigenvalue weighted by atomic mass is 32.1. The van der Waals surface area contributed by atoms with Gasteiger partial charge in [-0.2, -0.15) is 0 Å². The fourth-order valence-electron chi connectivity index (χ4n) is 1.68. The number of carboxylic acids is 1. The lowest BCUT2D eigenvalue weighted by atomic mass is 10.1. The van der Waals surface area contributed by atoms with Crippen LogP contribution in [0.1, 0.15) is 20.9 Å². The van der Waals surface area contributed by atoms with Crippen molar-refractivity contribution in [3.05, 3.63) is 46.2 Å². The van der Waals surface area contributed by atoms with Gasteiger partial charge in [-0.25, -0.2) is 14.2 Å². The first-order valence-corrected chi connectivity index (χ1v) is 6.57. The van der Waals surface area contributed by atoms with Crippen LogP contribution in [-0.2, 0) is 6.42 Å². The van der Waals surface area contributed by atoms with Crippen molar-refractivity contribution < 1.29 is 14.3 Å². The summed E-state index contributed by atoms with van der Waals surface area (Å²) >= 11 is 1.29. The minimum Gasteiger partial charge on any atom is -0.476 e. The number of aromatic carboxylic acids is 1. The number of anilines is 1. The van der Waals surface area contributed by atoms with E-state index in [2.05, 4.69) is 10.3 Å². The SMILES string of the molecule is Cc1sc(NCCc2ccccc2F)nc1C(=O)O. The zero-order valence-corrected chi connectivity index (χ0v) is 11.1. The van der Waals surface area contributed by atoms with Crippen molar-refractivity contribution in [1.82, 2.24) is 4.98 Å². The number of carboxylic acid groups (broad SMARTS) is 1. The van der Waals surface area contributed by atoms with Crippen molar-refractivity contribution in [3.8, 4) is 0 Å². The Labute approximate surface area is 113 Å². The molecule has 0 aliphatic rings. The van der Waals surface area contributed by atoms with Gasteiger partial charge in [-0.05, 0) is 25.0 Å². The third-order valence-corrected chi connectivity index (χ3v) is 3.56. The van der Waals surface area contributed by atoms with Crippen LogP contribution in [0, 0.1) is 12.7 Å². The van der Waals surface area contributed by atoms with E-state index in [9.17, 15) is 9.18 Å². The average Bonchev–Trinajstić information content (AvgIpc) is 2.73. The molecule has 0 saturated heterocycles. The van der Waals surface area contributed by atoms with E-state index in [1.165, 1.54) is 17.4 Å². The largest absolute Gasteiger partial charge is 0.476 e. The number of aromatic nitrogens is 1. The molecule has 1 aromatic carbocycles. The van der Waals surface area contributed by atoms with Crippen molar-refractivity contribution in [3.63, 3.8) is 0 Å². The number of hydrogen-bond donors (Lipinski definition) is 2. The predicted molar refractivity (Wildman–Crippen MR) is 72.4 cm³/mol. The van der Waals surface area contributed by atoms with Gasteiger partial charge in [0.2, 0.25) is 0 Å². The molecule has 19 heavy (non-hydrogen) atoms. The Hall–Kier alpha value is -1.95. The monoisotopic (exact) mass is 280 g/mol. The van der Waals surface area contributed by atoms with Crippen LogP contribution in [0.3, 0.4) is 0 Å². The second-order valence-electron chi connectivity index (χ2n) is 4.00. The summed E-state index contributed by atoms with van der Waals surface area (Å²) in [7, 11) is 0. The van der Waals surface area contributed by atoms with Crippen LogP contribution in [0.5, 0.6) is 0 Å². The molecule has 0 aliphatic carbocycles. The second kappa shape index (κ2) is 5.79. The minimum atomic E-state index is -1.03. The summed E-state index contributed by atoms with van der Waals surface area (Å²) in [5, 5.41) is 12.4. The molecule has 0 saturated carbocycles. The summed E-state index contributed by atoms with van der Waals surface area (Å²) in [6.07, 6.45) is 0.522. The number of carbonyl (C=O) groups is 1. The zero-order valence-electron chi connectivity index (χ0n) is 10.3. The van der Waals surface area contributed by atoms with Gasteiger partial charge in [0.05, 0.1) is 0 Å². The van der Waals surface area contributed by atoms with Crippen molar-refractivity contribution in [1.29, 1.82) is 0 Å². The molecule has 0 aliphatic heterocycles. The number of aryl methyl sites for hydroxylation is 1. The summed E-state index contributed by atoms with van der Waals surface area (Å²) in [6, 6.07) is 6.59. The molecule has 2 rings (SSSR count). The van der Waals surface area contributed by atoms with E-state index < -0.39 is 5.97 Å². The maximum Gasteiger partial charge on any atom is 0.355 e. The Balaban J connectivity index is 1.95. The lowest BCUT2D eigenvalue weighted by molar-refractivity contribution is 0.0690. The first-order chi connectivity index (χ1) is 9.08. The van der Waals surface area contributed by atoms with Gasteiger partial charge in [-0.3, -0.25) is 0 Å². The summed E-state index contributed by atoms with van der Waals surface area (Å²) in [6.45, 7) is 2.22. The first kappa shape index (κ1) is 13.5. The quantitative estimate of drug-likeness (QED) is 0.884. The minimum absolute atomic E-state index is 0.0680. The van der Waals surface area contributed by atoms with Gasteiger partial charge >= 0.3 is 5.97 Å². The molecule has 0 unspecified atom stereocenters.